The average molecular weight is 418 g/mol. The summed E-state index contributed by atoms with van der Waals surface area (Å²) in [7, 11) is 0. The van der Waals surface area contributed by atoms with Crippen LogP contribution in [0.3, 0.4) is 0 Å². The summed E-state index contributed by atoms with van der Waals surface area (Å²) in [6.45, 7) is 2.22. The van der Waals surface area contributed by atoms with E-state index in [2.05, 4.69) is 10.3 Å². The first-order chi connectivity index (χ1) is 13.8. The van der Waals surface area contributed by atoms with Gasteiger partial charge >= 0.3 is 6.18 Å². The number of pyridine rings is 1. The number of carbonyl (C=O) groups excluding carboxylic acids is 1. The molecule has 3 heterocycles. The number of hydrogen-bond donors (Lipinski definition) is 1. The molecular formula is C21H17F3N2O2S. The second-order valence-corrected chi connectivity index (χ2v) is 7.98. The zero-order valence-electron chi connectivity index (χ0n) is 15.5. The number of fused-ring (bicyclic) bond motifs is 2. The third-order valence-electron chi connectivity index (χ3n) is 4.73. The summed E-state index contributed by atoms with van der Waals surface area (Å²) in [4.78, 5) is 17.8. The van der Waals surface area contributed by atoms with E-state index in [-0.39, 0.29) is 11.7 Å². The fourth-order valence-electron chi connectivity index (χ4n) is 3.36. The molecular weight excluding hydrogens is 401 g/mol. The van der Waals surface area contributed by atoms with Gasteiger partial charge in [0.15, 0.2) is 0 Å². The van der Waals surface area contributed by atoms with Gasteiger partial charge in [0.1, 0.15) is 5.75 Å². The highest BCUT2D eigenvalue weighted by atomic mass is 32.1. The van der Waals surface area contributed by atoms with Crippen LogP contribution in [0.5, 0.6) is 5.75 Å². The number of alkyl halides is 3. The van der Waals surface area contributed by atoms with Gasteiger partial charge in [0.25, 0.3) is 0 Å². The Kier molecular flexibility index (Phi) is 5.04. The summed E-state index contributed by atoms with van der Waals surface area (Å²) in [6, 6.07) is 5.23. The molecule has 0 radical (unpaired) electrons. The van der Waals surface area contributed by atoms with Crippen LogP contribution in [0.2, 0.25) is 0 Å². The summed E-state index contributed by atoms with van der Waals surface area (Å²) in [6.07, 6.45) is 1.57. The van der Waals surface area contributed by atoms with Crippen molar-refractivity contribution in [2.24, 2.45) is 0 Å². The van der Waals surface area contributed by atoms with Gasteiger partial charge in [-0.15, -0.1) is 11.3 Å². The number of carbonyl (C=O) groups is 1. The number of amides is 1. The van der Waals surface area contributed by atoms with Crippen molar-refractivity contribution >= 4 is 38.6 Å². The number of nitrogens with zero attached hydrogens (tertiary/aromatic N) is 1. The van der Waals surface area contributed by atoms with E-state index < -0.39 is 11.7 Å². The summed E-state index contributed by atoms with van der Waals surface area (Å²) in [5.41, 5.74) is 1.13. The van der Waals surface area contributed by atoms with E-state index in [1.165, 1.54) is 23.5 Å². The van der Waals surface area contributed by atoms with Crippen LogP contribution in [0.15, 0.2) is 42.7 Å². The van der Waals surface area contributed by atoms with E-state index in [0.29, 0.717) is 30.6 Å². The predicted molar refractivity (Wildman–Crippen MR) is 107 cm³/mol. The highest BCUT2D eigenvalue weighted by Crippen LogP contribution is 2.38. The minimum atomic E-state index is -4.45. The first-order valence-corrected chi connectivity index (χ1v) is 9.83. The molecule has 0 aliphatic carbocycles. The maximum absolute atomic E-state index is 13.0. The molecule has 1 aromatic carbocycles. The Balaban J connectivity index is 1.66. The second-order valence-electron chi connectivity index (χ2n) is 6.72. The molecule has 4 nitrogen and oxygen atoms in total. The van der Waals surface area contributed by atoms with E-state index in [1.807, 2.05) is 13.0 Å². The third-order valence-corrected chi connectivity index (χ3v) is 5.78. The van der Waals surface area contributed by atoms with Gasteiger partial charge in [0.05, 0.1) is 22.6 Å². The lowest BCUT2D eigenvalue weighted by molar-refractivity contribution is -0.137. The van der Waals surface area contributed by atoms with Crippen molar-refractivity contribution in [3.05, 3.63) is 58.7 Å². The molecule has 0 unspecified atom stereocenters. The number of hydrogen-bond acceptors (Lipinski definition) is 4. The zero-order chi connectivity index (χ0) is 20.6. The van der Waals surface area contributed by atoms with Gasteiger partial charge in [0.2, 0.25) is 5.91 Å². The molecule has 0 bridgehead atoms. The number of thiophene rings is 1. The smallest absolute Gasteiger partial charge is 0.416 e. The van der Waals surface area contributed by atoms with Crippen molar-refractivity contribution in [1.29, 1.82) is 0 Å². The molecule has 29 heavy (non-hydrogen) atoms. The Hall–Kier alpha value is -2.87. The number of aryl methyl sites for hydroxylation is 1. The number of halogens is 3. The number of nitrogens with one attached hydrogen (secondary N) is 1. The molecule has 0 atom stereocenters. The predicted octanol–water partition coefficient (Wildman–Crippen LogP) is 5.82. The van der Waals surface area contributed by atoms with Gasteiger partial charge in [-0.25, -0.2) is 0 Å². The maximum Gasteiger partial charge on any atom is 0.416 e. The second kappa shape index (κ2) is 7.51. The van der Waals surface area contributed by atoms with Gasteiger partial charge in [-0.2, -0.15) is 13.2 Å². The van der Waals surface area contributed by atoms with Crippen LogP contribution in [-0.4, -0.2) is 17.5 Å². The van der Waals surface area contributed by atoms with E-state index >= 15 is 0 Å². The largest absolute Gasteiger partial charge is 0.493 e. The van der Waals surface area contributed by atoms with Crippen molar-refractivity contribution < 1.29 is 22.7 Å². The molecule has 1 amide bonds. The molecule has 2 aromatic heterocycles. The van der Waals surface area contributed by atoms with Crippen molar-refractivity contribution in [2.75, 3.05) is 11.9 Å². The van der Waals surface area contributed by atoms with Crippen LogP contribution >= 0.6 is 11.3 Å². The summed E-state index contributed by atoms with van der Waals surface area (Å²) in [5, 5.41) is 3.82. The molecule has 0 fully saturated rings. The molecule has 3 aromatic rings. The summed E-state index contributed by atoms with van der Waals surface area (Å²) >= 11 is 1.54. The maximum atomic E-state index is 13.0. The van der Waals surface area contributed by atoms with Crippen molar-refractivity contribution in [1.82, 2.24) is 4.98 Å². The van der Waals surface area contributed by atoms with Gasteiger partial charge in [-0.05, 0) is 43.5 Å². The molecule has 4 rings (SSSR count). The van der Waals surface area contributed by atoms with E-state index in [9.17, 15) is 18.0 Å². The number of aromatic nitrogens is 1. The van der Waals surface area contributed by atoms with Crippen molar-refractivity contribution in [3.8, 4) is 5.75 Å². The van der Waals surface area contributed by atoms with E-state index in [0.717, 1.165) is 32.8 Å². The topological polar surface area (TPSA) is 51.2 Å². The quantitative estimate of drug-likeness (QED) is 0.534. The zero-order valence-corrected chi connectivity index (χ0v) is 16.3. The molecule has 1 aliphatic heterocycles. The lowest BCUT2D eigenvalue weighted by Crippen LogP contribution is -2.09. The highest BCUT2D eigenvalue weighted by molar-refractivity contribution is 7.19. The van der Waals surface area contributed by atoms with Crippen molar-refractivity contribution in [3.63, 3.8) is 0 Å². The Bertz CT molecular complexity index is 1120. The fraction of sp³-hybridized carbons (Fsp3) is 0.238. The average Bonchev–Trinajstić information content (AvgIpc) is 2.85. The summed E-state index contributed by atoms with van der Waals surface area (Å²) in [5.74, 6) is -0.174. The van der Waals surface area contributed by atoms with Crippen LogP contribution in [0.25, 0.3) is 15.7 Å². The van der Waals surface area contributed by atoms with Crippen LogP contribution in [0, 0.1) is 6.92 Å². The van der Waals surface area contributed by atoms with E-state index in [1.54, 1.807) is 12.4 Å². The molecule has 1 aliphatic rings. The molecule has 1 N–H and O–H groups in total. The van der Waals surface area contributed by atoms with Crippen LogP contribution in [-0.2, 0) is 11.0 Å². The molecule has 150 valence electrons. The highest BCUT2D eigenvalue weighted by Gasteiger charge is 2.32. The van der Waals surface area contributed by atoms with Gasteiger partial charge in [0, 0.05) is 34.3 Å². The van der Waals surface area contributed by atoms with Gasteiger partial charge < -0.3 is 10.1 Å². The minimum Gasteiger partial charge on any atom is -0.493 e. The molecule has 0 spiro atoms. The minimum absolute atomic E-state index is 0.152. The number of ether oxygens (including phenoxy) is 1. The van der Waals surface area contributed by atoms with Gasteiger partial charge in [-0.1, -0.05) is 6.07 Å². The number of anilines is 1. The monoisotopic (exact) mass is 418 g/mol. The Morgan fingerprint density at radius 1 is 1.31 bits per heavy atom. The van der Waals surface area contributed by atoms with Crippen LogP contribution in [0.4, 0.5) is 18.9 Å². The van der Waals surface area contributed by atoms with Crippen LogP contribution in [0.1, 0.15) is 28.8 Å². The molecule has 0 saturated carbocycles. The normalized spacial score (nSPS) is 15.7. The molecule has 0 saturated heterocycles. The Morgan fingerprint density at radius 3 is 2.93 bits per heavy atom. The third kappa shape index (κ3) is 3.98. The number of rotatable bonds is 2. The fourth-order valence-corrected chi connectivity index (χ4v) is 4.35. The van der Waals surface area contributed by atoms with Crippen molar-refractivity contribution in [2.45, 2.75) is 25.9 Å². The van der Waals surface area contributed by atoms with Crippen LogP contribution < -0.4 is 10.1 Å². The SMILES string of the molecule is Cc1sc2cnccc2c1NC(=O)/C=C1\CCCOc2cc(C(F)(F)F)ccc21. The lowest BCUT2D eigenvalue weighted by Gasteiger charge is -2.13. The van der Waals surface area contributed by atoms with E-state index in [4.69, 9.17) is 4.74 Å². The number of benzene rings is 1. The Labute approximate surface area is 169 Å². The Morgan fingerprint density at radius 2 is 2.14 bits per heavy atom. The molecule has 8 heteroatoms. The first kappa shape index (κ1) is 19.4. The summed E-state index contributed by atoms with van der Waals surface area (Å²) < 4.78 is 45.5. The van der Waals surface area contributed by atoms with Gasteiger partial charge in [-0.3, -0.25) is 9.78 Å². The lowest BCUT2D eigenvalue weighted by atomic mass is 9.99. The number of allylic oxidation sites excluding steroid dienone is 1. The first-order valence-electron chi connectivity index (χ1n) is 9.02. The standard InChI is InChI=1S/C21H17F3N2O2S/c1-12-20(16-6-7-25-11-18(16)29-12)26-19(27)9-13-3-2-8-28-17-10-14(21(22,23)24)4-5-15(13)17/h4-7,9-11H,2-3,8H2,1H3,(H,26,27)/b13-9+.